The molecular weight excluding hydrogens is 899 g/mol. The number of carbonyl (C=O) groups excluding carboxylic acids is 2. The number of carbonyl (C=O) groups is 2. The van der Waals surface area contributed by atoms with Crippen LogP contribution in [0.5, 0.6) is 11.8 Å². The first-order valence-electron chi connectivity index (χ1n) is 24.6. The Morgan fingerprint density at radius 3 is 2.58 bits per heavy atom. The lowest BCUT2D eigenvalue weighted by Crippen LogP contribution is -2.55. The summed E-state index contributed by atoms with van der Waals surface area (Å²) in [5.74, 6) is 1.05. The molecule has 1 unspecified atom stereocenters. The molecule has 0 bridgehead atoms. The Kier molecular flexibility index (Phi) is 12.0. The number of nitrogens with zero attached hydrogens (tertiary/aromatic N) is 10. The van der Waals surface area contributed by atoms with Gasteiger partial charge in [-0.1, -0.05) is 36.9 Å². The summed E-state index contributed by atoms with van der Waals surface area (Å²) in [5, 5.41) is 25.0. The molecular formula is C54H57N11O6. The molecule has 71 heavy (non-hydrogen) atoms. The number of nitro benzene ring substituents is 1. The molecule has 11 rings (SSSR count). The summed E-state index contributed by atoms with van der Waals surface area (Å²) in [4.78, 5) is 65.2. The van der Waals surface area contributed by atoms with Gasteiger partial charge in [0, 0.05) is 97.1 Å². The van der Waals surface area contributed by atoms with E-state index < -0.39 is 11.1 Å². The molecule has 17 nitrogen and oxygen atoms in total. The summed E-state index contributed by atoms with van der Waals surface area (Å²) in [7, 11) is 4.03. The Balaban J connectivity index is 0.770. The van der Waals surface area contributed by atoms with Crippen LogP contribution >= 0.6 is 0 Å². The summed E-state index contributed by atoms with van der Waals surface area (Å²) in [5.41, 5.74) is 8.48. The SMILES string of the molecule is C=C(COc1ccc2[nH]c3c(c2c1)CCN1C(=O)c2cc([N+](=O)[O-])ccc2N(C)C31)C(=O)CN1CCN(c2nc(OC[C@@H]3CCCN3C)nc3c2CCN(c2cccc4cccc(C)c24)C3)C[C@@H]1CC#N. The van der Waals surface area contributed by atoms with Gasteiger partial charge in [-0.25, -0.2) is 0 Å². The number of ketones is 1. The van der Waals surface area contributed by atoms with Gasteiger partial charge in [0.2, 0.25) is 0 Å². The van der Waals surface area contributed by atoms with Crippen molar-refractivity contribution < 1.29 is 24.0 Å². The van der Waals surface area contributed by atoms with Crippen LogP contribution in [0, 0.1) is 28.4 Å². The van der Waals surface area contributed by atoms with Crippen LogP contribution in [0.15, 0.2) is 84.9 Å². The molecule has 0 spiro atoms. The zero-order valence-corrected chi connectivity index (χ0v) is 40.4. The first-order chi connectivity index (χ1) is 34.4. The van der Waals surface area contributed by atoms with E-state index in [1.54, 1.807) is 11.0 Å². The molecule has 1 N–H and O–H groups in total. The van der Waals surface area contributed by atoms with Crippen LogP contribution in [0.3, 0.4) is 0 Å². The number of nitro groups is 1. The number of fused-ring (bicyclic) bond motifs is 8. The second-order valence-corrected chi connectivity index (χ2v) is 19.6. The highest BCUT2D eigenvalue weighted by molar-refractivity contribution is 6.03. The number of nitrogens with one attached hydrogen (secondary N) is 1. The van der Waals surface area contributed by atoms with Gasteiger partial charge in [-0.3, -0.25) is 24.6 Å². The third-order valence-corrected chi connectivity index (χ3v) is 15.4. The highest BCUT2D eigenvalue weighted by Gasteiger charge is 2.42. The largest absolute Gasteiger partial charge is 0.489 e. The topological polar surface area (TPSA) is 181 Å². The molecule has 2 fully saturated rings. The first kappa shape index (κ1) is 45.9. The number of piperazine rings is 1. The number of Topliss-reactive ketones (excluding diaryl/α,β-unsaturated/α-hetero) is 1. The lowest BCUT2D eigenvalue weighted by atomic mass is 9.96. The van der Waals surface area contributed by atoms with Crippen molar-refractivity contribution in [1.82, 2.24) is 29.7 Å². The van der Waals surface area contributed by atoms with Crippen LogP contribution < -0.4 is 24.2 Å². The van der Waals surface area contributed by atoms with Crippen molar-refractivity contribution in [3.05, 3.63) is 129 Å². The molecule has 7 heterocycles. The Labute approximate surface area is 412 Å². The molecule has 4 aromatic carbocycles. The lowest BCUT2D eigenvalue weighted by molar-refractivity contribution is -0.384. The van der Waals surface area contributed by atoms with E-state index in [-0.39, 0.29) is 43.0 Å². The van der Waals surface area contributed by atoms with Gasteiger partial charge in [-0.2, -0.15) is 15.2 Å². The number of amides is 1. The number of H-pyrrole nitrogens is 1. The normalized spacial score (nSPS) is 20.1. The Morgan fingerprint density at radius 2 is 1.77 bits per heavy atom. The van der Waals surface area contributed by atoms with Crippen LogP contribution in [-0.2, 0) is 24.2 Å². The van der Waals surface area contributed by atoms with E-state index in [0.717, 1.165) is 71.6 Å². The van der Waals surface area contributed by atoms with Gasteiger partial charge >= 0.3 is 6.01 Å². The van der Waals surface area contributed by atoms with Crippen molar-refractivity contribution in [2.24, 2.45) is 0 Å². The average Bonchev–Trinajstić information content (AvgIpc) is 3.98. The number of rotatable bonds is 13. The molecule has 17 heteroatoms. The molecule has 364 valence electrons. The van der Waals surface area contributed by atoms with E-state index in [4.69, 9.17) is 19.4 Å². The zero-order chi connectivity index (χ0) is 49.1. The number of non-ortho nitro benzene ring substituents is 1. The van der Waals surface area contributed by atoms with Crippen LogP contribution in [0.4, 0.5) is 22.9 Å². The fraction of sp³-hybridized carbons (Fsp3) is 0.389. The van der Waals surface area contributed by atoms with E-state index in [0.29, 0.717) is 80.4 Å². The maximum absolute atomic E-state index is 13.9. The van der Waals surface area contributed by atoms with Crippen LogP contribution in [0.25, 0.3) is 21.7 Å². The summed E-state index contributed by atoms with van der Waals surface area (Å²) in [6.45, 7) is 11.5. The maximum atomic E-state index is 13.9. The van der Waals surface area contributed by atoms with Gasteiger partial charge in [0.1, 0.15) is 30.9 Å². The number of hydrogen-bond acceptors (Lipinski definition) is 14. The summed E-state index contributed by atoms with van der Waals surface area (Å²) < 4.78 is 12.7. The smallest absolute Gasteiger partial charge is 0.318 e. The van der Waals surface area contributed by atoms with Crippen molar-refractivity contribution in [1.29, 1.82) is 5.26 Å². The number of aromatic nitrogens is 3. The van der Waals surface area contributed by atoms with Crippen molar-refractivity contribution in [2.45, 2.75) is 63.8 Å². The van der Waals surface area contributed by atoms with Crippen LogP contribution in [-0.4, -0.2) is 131 Å². The Hall–Kier alpha value is -7.55. The lowest BCUT2D eigenvalue weighted by Gasteiger charge is -2.46. The van der Waals surface area contributed by atoms with Gasteiger partial charge in [0.15, 0.2) is 5.78 Å². The minimum absolute atomic E-state index is 0.00173. The molecule has 6 aromatic rings. The monoisotopic (exact) mass is 955 g/mol. The van der Waals surface area contributed by atoms with E-state index in [1.165, 1.54) is 34.2 Å². The van der Waals surface area contributed by atoms with Gasteiger partial charge in [-0.15, -0.1) is 0 Å². The number of hydrogen-bond donors (Lipinski definition) is 1. The van der Waals surface area contributed by atoms with Gasteiger partial charge in [-0.05, 0) is 93.0 Å². The number of anilines is 3. The number of benzene rings is 4. The van der Waals surface area contributed by atoms with E-state index in [2.05, 4.69) is 87.6 Å². The first-order valence-corrected chi connectivity index (χ1v) is 24.6. The maximum Gasteiger partial charge on any atom is 0.318 e. The fourth-order valence-corrected chi connectivity index (χ4v) is 11.5. The van der Waals surface area contributed by atoms with Gasteiger partial charge < -0.3 is 39.0 Å². The minimum Gasteiger partial charge on any atom is -0.489 e. The number of ether oxygens (including phenoxy) is 2. The highest BCUT2D eigenvalue weighted by atomic mass is 16.6. The Morgan fingerprint density at radius 1 is 0.944 bits per heavy atom. The molecule has 5 aliphatic heterocycles. The van der Waals surface area contributed by atoms with E-state index >= 15 is 0 Å². The molecule has 0 radical (unpaired) electrons. The Bertz CT molecular complexity index is 3180. The second-order valence-electron chi connectivity index (χ2n) is 19.6. The van der Waals surface area contributed by atoms with Crippen molar-refractivity contribution in [2.75, 3.05) is 87.8 Å². The molecule has 2 aromatic heterocycles. The number of aryl methyl sites for hydroxylation is 1. The predicted molar refractivity (Wildman–Crippen MR) is 271 cm³/mol. The second kappa shape index (κ2) is 18.6. The number of likely N-dealkylation sites (tertiary alicyclic amines) is 1. The van der Waals surface area contributed by atoms with Crippen molar-refractivity contribution >= 4 is 56.2 Å². The minimum atomic E-state index is -0.486. The van der Waals surface area contributed by atoms with Gasteiger partial charge in [0.05, 0.1) is 53.1 Å². The molecule has 1 amide bonds. The number of likely N-dealkylation sites (N-methyl/N-ethyl adjacent to an activating group) is 1. The predicted octanol–water partition coefficient (Wildman–Crippen LogP) is 7.12. The highest BCUT2D eigenvalue weighted by Crippen LogP contribution is 2.44. The van der Waals surface area contributed by atoms with E-state index in [1.807, 2.05) is 30.1 Å². The number of nitriles is 1. The van der Waals surface area contributed by atoms with E-state index in [9.17, 15) is 25.0 Å². The standard InChI is InChI=1S/C54H57N11O6/c1-33-8-5-9-35-10-6-12-47(49(33)35)62-22-18-41-45(29-62)57-54(71-32-38-11-7-21-59(38)3)58-51(41)63-25-24-61(37(28-63)17-20-55)30-48(66)34(2)31-70-39-14-15-44-42(27-39)40-19-23-64-52(50(40)56-44)60(4)46-16-13-36(65(68)69)26-43(46)53(64)67/h5-6,8-10,12-16,26-27,37-38,52,56H,2,7,11,17-19,21-25,28-32H2,1,3-4H3/t37-,38-,52?/m0/s1. The summed E-state index contributed by atoms with van der Waals surface area (Å²) >= 11 is 0. The molecule has 5 aliphatic rings. The van der Waals surface area contributed by atoms with Crippen molar-refractivity contribution in [3.8, 4) is 17.8 Å². The summed E-state index contributed by atoms with van der Waals surface area (Å²) in [6, 6.07) is 25.9. The van der Waals surface area contributed by atoms with Crippen LogP contribution in [0.2, 0.25) is 0 Å². The molecule has 0 aliphatic carbocycles. The molecule has 2 saturated heterocycles. The van der Waals surface area contributed by atoms with Gasteiger partial charge in [0.25, 0.3) is 11.6 Å². The van der Waals surface area contributed by atoms with Crippen LogP contribution in [0.1, 0.15) is 63.9 Å². The molecule has 0 saturated carbocycles. The third kappa shape index (κ3) is 8.44. The average molecular weight is 956 g/mol. The summed E-state index contributed by atoms with van der Waals surface area (Å²) in [6.07, 6.45) is 3.37. The zero-order valence-electron chi connectivity index (χ0n) is 40.4. The number of aromatic amines is 1. The third-order valence-electron chi connectivity index (χ3n) is 15.4. The fourth-order valence-electron chi connectivity index (χ4n) is 11.5. The van der Waals surface area contributed by atoms with Crippen molar-refractivity contribution in [3.63, 3.8) is 0 Å². The quantitative estimate of drug-likeness (QED) is 0.0702. The molecule has 3 atom stereocenters.